The molecule has 0 radical (unpaired) electrons. The summed E-state index contributed by atoms with van der Waals surface area (Å²) in [7, 11) is 1.77. The molecule has 1 atom stereocenters. The Morgan fingerprint density at radius 1 is 1.59 bits per heavy atom. The van der Waals surface area contributed by atoms with Crippen LogP contribution in [0.1, 0.15) is 50.3 Å². The van der Waals surface area contributed by atoms with Gasteiger partial charge in [-0.2, -0.15) is 5.10 Å². The molecule has 7 heteroatoms. The second kappa shape index (κ2) is 6.52. The highest BCUT2D eigenvalue weighted by atomic mass is 35.5. The molecule has 0 aromatic carbocycles. The van der Waals surface area contributed by atoms with E-state index in [2.05, 4.69) is 5.10 Å². The number of alkyl halides is 3. The molecule has 2 rings (SSSR count). The van der Waals surface area contributed by atoms with Gasteiger partial charge in [0.15, 0.2) is 0 Å². The molecule has 1 aromatic rings. The van der Waals surface area contributed by atoms with Gasteiger partial charge in [0.25, 0.3) is 5.92 Å². The average Bonchev–Trinajstić information content (AvgIpc) is 3.22. The maximum Gasteiger partial charge on any atom is 0.265 e. The van der Waals surface area contributed by atoms with Crippen molar-refractivity contribution in [3.05, 3.63) is 17.5 Å². The Morgan fingerprint density at radius 2 is 2.23 bits per heavy atom. The number of halogens is 3. The van der Waals surface area contributed by atoms with Crippen molar-refractivity contribution < 1.29 is 13.6 Å². The minimum absolute atomic E-state index is 0.121. The predicted octanol–water partition coefficient (Wildman–Crippen LogP) is 3.30. The molecule has 1 fully saturated rings. The topological polar surface area (TPSA) is 38.1 Å². The first-order valence-corrected chi connectivity index (χ1v) is 8.07. The number of hydrogen-bond acceptors (Lipinski definition) is 2. The normalized spacial score (nSPS) is 16.6. The SMILES string of the molecule is CCC(N(Cc1c(C2CC2)cnn1C)C(=O)CCl)C(C)(F)F. The van der Waals surface area contributed by atoms with Gasteiger partial charge in [0.05, 0.1) is 24.5 Å². The van der Waals surface area contributed by atoms with Crippen LogP contribution >= 0.6 is 11.6 Å². The number of carbonyl (C=O) groups is 1. The van der Waals surface area contributed by atoms with Crippen molar-refractivity contribution in [3.63, 3.8) is 0 Å². The van der Waals surface area contributed by atoms with Gasteiger partial charge in [-0.1, -0.05) is 6.92 Å². The monoisotopic (exact) mass is 333 g/mol. The summed E-state index contributed by atoms with van der Waals surface area (Å²) in [5.74, 6) is -3.31. The Bertz CT molecular complexity index is 537. The minimum atomic E-state index is -2.98. The third kappa shape index (κ3) is 3.59. The number of amides is 1. The zero-order chi connectivity index (χ0) is 16.5. The number of rotatable bonds is 7. The Kier molecular flexibility index (Phi) is 5.10. The van der Waals surface area contributed by atoms with Crippen LogP contribution in [-0.2, 0) is 18.4 Å². The van der Waals surface area contributed by atoms with Gasteiger partial charge >= 0.3 is 0 Å². The Labute approximate surface area is 134 Å². The summed E-state index contributed by atoms with van der Waals surface area (Å²) in [6.45, 7) is 2.62. The maximum atomic E-state index is 13.9. The molecule has 0 bridgehead atoms. The molecule has 0 aliphatic heterocycles. The van der Waals surface area contributed by atoms with E-state index in [1.807, 2.05) is 0 Å². The molecule has 4 nitrogen and oxygen atoms in total. The highest BCUT2D eigenvalue weighted by Crippen LogP contribution is 2.42. The molecule has 0 spiro atoms. The summed E-state index contributed by atoms with van der Waals surface area (Å²) in [6.07, 6.45) is 4.12. The molecule has 1 heterocycles. The second-order valence-electron chi connectivity index (χ2n) is 5.98. The number of aromatic nitrogens is 2. The summed E-state index contributed by atoms with van der Waals surface area (Å²) in [5.41, 5.74) is 1.88. The molecular weight excluding hydrogens is 312 g/mol. The number of carbonyl (C=O) groups excluding carboxylic acids is 1. The zero-order valence-corrected chi connectivity index (χ0v) is 13.9. The van der Waals surface area contributed by atoms with Gasteiger partial charge in [-0.3, -0.25) is 9.48 Å². The maximum absolute atomic E-state index is 13.9. The first-order valence-electron chi connectivity index (χ1n) is 7.53. The van der Waals surface area contributed by atoms with Crippen molar-refractivity contribution >= 4 is 17.5 Å². The van der Waals surface area contributed by atoms with E-state index in [1.54, 1.807) is 24.9 Å². The van der Waals surface area contributed by atoms with Gasteiger partial charge in [0, 0.05) is 14.0 Å². The van der Waals surface area contributed by atoms with Gasteiger partial charge < -0.3 is 4.90 Å². The minimum Gasteiger partial charge on any atom is -0.327 e. The van der Waals surface area contributed by atoms with Crippen molar-refractivity contribution in [1.29, 1.82) is 0 Å². The van der Waals surface area contributed by atoms with Crippen LogP contribution in [-0.4, -0.2) is 38.4 Å². The molecule has 1 aliphatic rings. The Hall–Kier alpha value is -1.17. The van der Waals surface area contributed by atoms with Gasteiger partial charge in [-0.25, -0.2) is 8.78 Å². The fourth-order valence-corrected chi connectivity index (χ4v) is 3.03. The van der Waals surface area contributed by atoms with E-state index >= 15 is 0 Å². The first kappa shape index (κ1) is 17.2. The van der Waals surface area contributed by atoms with Crippen LogP contribution < -0.4 is 0 Å². The second-order valence-corrected chi connectivity index (χ2v) is 6.25. The fourth-order valence-electron chi connectivity index (χ4n) is 2.87. The smallest absolute Gasteiger partial charge is 0.265 e. The third-order valence-corrected chi connectivity index (χ3v) is 4.44. The standard InChI is InChI=1S/C15H22ClF2N3O/c1-4-13(15(2,17)18)21(14(22)7-16)9-12-11(10-5-6-10)8-19-20(12)3/h8,10,13H,4-7,9H2,1-3H3. The van der Waals surface area contributed by atoms with Crippen LogP contribution in [0.15, 0.2) is 6.20 Å². The molecule has 1 aliphatic carbocycles. The largest absolute Gasteiger partial charge is 0.327 e. The van der Waals surface area contributed by atoms with Crippen molar-refractivity contribution in [1.82, 2.24) is 14.7 Å². The van der Waals surface area contributed by atoms with Crippen molar-refractivity contribution in [2.45, 2.75) is 57.5 Å². The number of hydrogen-bond donors (Lipinski definition) is 0. The van der Waals surface area contributed by atoms with Crippen molar-refractivity contribution in [2.24, 2.45) is 7.05 Å². The summed E-state index contributed by atoms with van der Waals surface area (Å²) >= 11 is 5.63. The van der Waals surface area contributed by atoms with E-state index in [-0.39, 0.29) is 18.8 Å². The lowest BCUT2D eigenvalue weighted by atomic mass is 10.0. The third-order valence-electron chi connectivity index (χ3n) is 4.21. The van der Waals surface area contributed by atoms with E-state index < -0.39 is 17.9 Å². The lowest BCUT2D eigenvalue weighted by Crippen LogP contribution is -2.49. The van der Waals surface area contributed by atoms with Crippen molar-refractivity contribution in [2.75, 3.05) is 5.88 Å². The van der Waals surface area contributed by atoms with Gasteiger partial charge in [0.2, 0.25) is 5.91 Å². The lowest BCUT2D eigenvalue weighted by Gasteiger charge is -2.34. The van der Waals surface area contributed by atoms with E-state index in [1.165, 1.54) is 4.90 Å². The summed E-state index contributed by atoms with van der Waals surface area (Å²) in [6, 6.07) is -1.17. The van der Waals surface area contributed by atoms with Crippen LogP contribution in [0.2, 0.25) is 0 Å². The van der Waals surface area contributed by atoms with Crippen LogP contribution in [0.25, 0.3) is 0 Å². The predicted molar refractivity (Wildman–Crippen MR) is 81.2 cm³/mol. The van der Waals surface area contributed by atoms with Crippen LogP contribution in [0.3, 0.4) is 0 Å². The van der Waals surface area contributed by atoms with Crippen molar-refractivity contribution in [3.8, 4) is 0 Å². The summed E-state index contributed by atoms with van der Waals surface area (Å²) in [4.78, 5) is 13.3. The molecular formula is C15H22ClF2N3O. The summed E-state index contributed by atoms with van der Waals surface area (Å²) < 4.78 is 29.4. The average molecular weight is 334 g/mol. The van der Waals surface area contributed by atoms with Crippen LogP contribution in [0.5, 0.6) is 0 Å². The molecule has 1 aromatic heterocycles. The van der Waals surface area contributed by atoms with Gasteiger partial charge in [0.1, 0.15) is 5.88 Å². The molecule has 1 amide bonds. The number of nitrogens with zero attached hydrogens (tertiary/aromatic N) is 3. The Balaban J connectivity index is 2.31. The fraction of sp³-hybridized carbons (Fsp3) is 0.733. The van der Waals surface area contributed by atoms with Gasteiger partial charge in [-0.05, 0) is 30.7 Å². The highest BCUT2D eigenvalue weighted by molar-refractivity contribution is 6.27. The first-order chi connectivity index (χ1) is 10.3. The Morgan fingerprint density at radius 3 is 2.68 bits per heavy atom. The quantitative estimate of drug-likeness (QED) is 0.718. The molecule has 22 heavy (non-hydrogen) atoms. The molecule has 1 saturated carbocycles. The molecule has 0 saturated heterocycles. The van der Waals surface area contributed by atoms with Crippen LogP contribution in [0, 0.1) is 0 Å². The van der Waals surface area contributed by atoms with E-state index in [4.69, 9.17) is 11.6 Å². The molecule has 124 valence electrons. The summed E-state index contributed by atoms with van der Waals surface area (Å²) in [5, 5.41) is 4.22. The highest BCUT2D eigenvalue weighted by Gasteiger charge is 2.40. The number of aryl methyl sites for hydroxylation is 1. The zero-order valence-electron chi connectivity index (χ0n) is 13.2. The van der Waals surface area contributed by atoms with E-state index in [0.29, 0.717) is 5.92 Å². The van der Waals surface area contributed by atoms with Crippen LogP contribution in [0.4, 0.5) is 8.78 Å². The lowest BCUT2D eigenvalue weighted by molar-refractivity contribution is -0.142. The van der Waals surface area contributed by atoms with E-state index in [0.717, 1.165) is 31.0 Å². The molecule has 0 N–H and O–H groups in total. The van der Waals surface area contributed by atoms with Gasteiger partial charge in [-0.15, -0.1) is 11.6 Å². The van der Waals surface area contributed by atoms with E-state index in [9.17, 15) is 13.6 Å². The molecule has 1 unspecified atom stereocenters.